The number of nitrogens with zero attached hydrogens (tertiary/aromatic N) is 1. The Bertz CT molecular complexity index is 1250. The summed E-state index contributed by atoms with van der Waals surface area (Å²) < 4.78 is 10.7. The van der Waals surface area contributed by atoms with Crippen molar-refractivity contribution in [3.63, 3.8) is 0 Å². The van der Waals surface area contributed by atoms with E-state index in [1.807, 2.05) is 0 Å². The topological polar surface area (TPSA) is 76.1 Å². The Hall–Kier alpha value is -3.48. The van der Waals surface area contributed by atoms with Gasteiger partial charge < -0.3 is 14.6 Å². The summed E-state index contributed by atoms with van der Waals surface area (Å²) in [7, 11) is 2.99. The number of hydrogen-bond donors (Lipinski definition) is 1. The van der Waals surface area contributed by atoms with Crippen LogP contribution in [0.4, 0.5) is 5.69 Å². The molecule has 168 valence electrons. The number of Topliss-reactive ketones (excluding diaryl/α,β-unsaturated/α-hetero) is 1. The molecule has 8 heteroatoms. The number of carbonyl (C=O) groups excluding carboxylic acids is 2. The van der Waals surface area contributed by atoms with Gasteiger partial charge in [-0.1, -0.05) is 35.3 Å². The van der Waals surface area contributed by atoms with Gasteiger partial charge in [0, 0.05) is 27.4 Å². The lowest BCUT2D eigenvalue weighted by Crippen LogP contribution is -2.31. The monoisotopic (exact) mass is 483 g/mol. The number of ketones is 1. The second kappa shape index (κ2) is 9.17. The molecule has 0 aromatic heterocycles. The molecule has 33 heavy (non-hydrogen) atoms. The predicted molar refractivity (Wildman–Crippen MR) is 127 cm³/mol. The molecular weight excluding hydrogens is 465 g/mol. The van der Waals surface area contributed by atoms with Crippen LogP contribution in [0.1, 0.15) is 22.0 Å². The highest BCUT2D eigenvalue weighted by Gasteiger charge is 2.44. The molecule has 0 spiro atoms. The highest BCUT2D eigenvalue weighted by molar-refractivity contribution is 6.31. The van der Waals surface area contributed by atoms with Gasteiger partial charge in [-0.3, -0.25) is 14.5 Å². The van der Waals surface area contributed by atoms with Crippen LogP contribution in [0.3, 0.4) is 0 Å². The fourth-order valence-electron chi connectivity index (χ4n) is 3.80. The molecule has 6 nitrogen and oxygen atoms in total. The van der Waals surface area contributed by atoms with Crippen LogP contribution in [0.5, 0.6) is 11.5 Å². The zero-order chi connectivity index (χ0) is 23.7. The van der Waals surface area contributed by atoms with Gasteiger partial charge in [0.1, 0.15) is 0 Å². The molecule has 1 atom stereocenters. The number of rotatable bonds is 6. The van der Waals surface area contributed by atoms with Crippen molar-refractivity contribution in [2.45, 2.75) is 6.04 Å². The lowest BCUT2D eigenvalue weighted by molar-refractivity contribution is -0.117. The first kappa shape index (κ1) is 22.7. The van der Waals surface area contributed by atoms with E-state index in [-0.39, 0.29) is 5.57 Å². The van der Waals surface area contributed by atoms with E-state index in [2.05, 4.69) is 0 Å². The molecule has 0 aliphatic carbocycles. The third-order valence-electron chi connectivity index (χ3n) is 5.39. The largest absolute Gasteiger partial charge is 0.503 e. The van der Waals surface area contributed by atoms with Gasteiger partial charge in [-0.15, -0.1) is 0 Å². The number of benzene rings is 3. The van der Waals surface area contributed by atoms with Crippen LogP contribution >= 0.6 is 23.2 Å². The summed E-state index contributed by atoms with van der Waals surface area (Å²) in [5.74, 6) is -0.940. The maximum absolute atomic E-state index is 13.5. The van der Waals surface area contributed by atoms with Gasteiger partial charge in [-0.05, 0) is 54.1 Å². The first-order chi connectivity index (χ1) is 15.8. The zero-order valence-electron chi connectivity index (χ0n) is 17.7. The molecule has 1 aliphatic rings. The molecule has 0 saturated heterocycles. The van der Waals surface area contributed by atoms with Crippen LogP contribution in [-0.2, 0) is 4.79 Å². The summed E-state index contributed by atoms with van der Waals surface area (Å²) in [6.07, 6.45) is 0. The number of carbonyl (C=O) groups is 2. The van der Waals surface area contributed by atoms with E-state index >= 15 is 0 Å². The Morgan fingerprint density at radius 1 is 0.879 bits per heavy atom. The molecule has 1 heterocycles. The highest BCUT2D eigenvalue weighted by Crippen LogP contribution is 2.44. The Balaban J connectivity index is 1.87. The molecule has 0 radical (unpaired) electrons. The van der Waals surface area contributed by atoms with E-state index < -0.39 is 23.5 Å². The standard InChI is InChI=1S/C25H19Cl2NO5/c1-32-19-12-11-18(13-20(19)33-2)28-22(14-3-7-16(26)8-4-14)21(24(30)25(28)31)23(29)15-5-9-17(27)10-6-15/h3-13,22,30H,1-2H3. The second-order valence-corrected chi connectivity index (χ2v) is 8.14. The van der Waals surface area contributed by atoms with E-state index in [0.29, 0.717) is 38.4 Å². The quantitative estimate of drug-likeness (QED) is 0.448. The van der Waals surface area contributed by atoms with E-state index in [0.717, 1.165) is 0 Å². The average Bonchev–Trinajstić information content (AvgIpc) is 3.09. The van der Waals surface area contributed by atoms with Gasteiger partial charge in [0.15, 0.2) is 23.0 Å². The first-order valence-corrected chi connectivity index (χ1v) is 10.7. The third-order valence-corrected chi connectivity index (χ3v) is 5.89. The Morgan fingerprint density at radius 3 is 2.03 bits per heavy atom. The lowest BCUT2D eigenvalue weighted by Gasteiger charge is -2.27. The molecule has 1 amide bonds. The molecule has 1 unspecified atom stereocenters. The lowest BCUT2D eigenvalue weighted by atomic mass is 9.92. The highest BCUT2D eigenvalue weighted by atomic mass is 35.5. The van der Waals surface area contributed by atoms with Crippen LogP contribution in [0.15, 0.2) is 78.1 Å². The van der Waals surface area contributed by atoms with Gasteiger partial charge in [-0.2, -0.15) is 0 Å². The van der Waals surface area contributed by atoms with Crippen molar-refractivity contribution in [2.75, 3.05) is 19.1 Å². The summed E-state index contributed by atoms with van der Waals surface area (Å²) in [5.41, 5.74) is 1.27. The summed E-state index contributed by atoms with van der Waals surface area (Å²) >= 11 is 12.0. The van der Waals surface area contributed by atoms with Gasteiger partial charge in [0.05, 0.1) is 25.8 Å². The minimum absolute atomic E-state index is 0.0422. The Labute approximate surface area is 200 Å². The molecule has 4 rings (SSSR count). The van der Waals surface area contributed by atoms with E-state index in [9.17, 15) is 14.7 Å². The summed E-state index contributed by atoms with van der Waals surface area (Å²) in [5, 5.41) is 11.8. The van der Waals surface area contributed by atoms with E-state index in [1.54, 1.807) is 66.7 Å². The van der Waals surface area contributed by atoms with Crippen molar-refractivity contribution in [1.29, 1.82) is 0 Å². The van der Waals surface area contributed by atoms with Crippen molar-refractivity contribution < 1.29 is 24.2 Å². The maximum Gasteiger partial charge on any atom is 0.294 e. The van der Waals surface area contributed by atoms with Gasteiger partial charge in [0.25, 0.3) is 5.91 Å². The smallest absolute Gasteiger partial charge is 0.294 e. The fourth-order valence-corrected chi connectivity index (χ4v) is 4.05. The van der Waals surface area contributed by atoms with E-state index in [4.69, 9.17) is 32.7 Å². The molecule has 1 N–H and O–H groups in total. The first-order valence-electron chi connectivity index (χ1n) is 9.90. The van der Waals surface area contributed by atoms with Crippen LogP contribution in [0, 0.1) is 0 Å². The number of halogens is 2. The van der Waals surface area contributed by atoms with Crippen molar-refractivity contribution in [1.82, 2.24) is 0 Å². The van der Waals surface area contributed by atoms with Crippen LogP contribution in [0.25, 0.3) is 0 Å². The SMILES string of the molecule is COc1ccc(N2C(=O)C(O)=C(C(=O)c3ccc(Cl)cc3)C2c2ccc(Cl)cc2)cc1OC. The second-order valence-electron chi connectivity index (χ2n) is 7.27. The molecule has 0 saturated carbocycles. The van der Waals surface area contributed by atoms with Crippen LogP contribution in [-0.4, -0.2) is 31.0 Å². The number of aliphatic hydroxyl groups excluding tert-OH is 1. The number of anilines is 1. The molecular formula is C25H19Cl2NO5. The molecule has 3 aromatic rings. The van der Waals surface area contributed by atoms with E-state index in [1.165, 1.54) is 19.1 Å². The van der Waals surface area contributed by atoms with Crippen LogP contribution < -0.4 is 14.4 Å². The van der Waals surface area contributed by atoms with Gasteiger partial charge in [-0.25, -0.2) is 0 Å². The summed E-state index contributed by atoms with van der Waals surface area (Å²) in [4.78, 5) is 28.1. The van der Waals surface area contributed by atoms with Crippen molar-refractivity contribution in [3.05, 3.63) is 99.2 Å². The zero-order valence-corrected chi connectivity index (χ0v) is 19.2. The summed E-state index contributed by atoms with van der Waals surface area (Å²) in [6, 6.07) is 17.0. The number of hydrogen-bond acceptors (Lipinski definition) is 5. The van der Waals surface area contributed by atoms with Crippen LogP contribution in [0.2, 0.25) is 10.0 Å². The Kier molecular flexibility index (Phi) is 6.31. The average molecular weight is 484 g/mol. The van der Waals surface area contributed by atoms with Crippen molar-refractivity contribution >= 4 is 40.6 Å². The molecule has 1 aliphatic heterocycles. The van der Waals surface area contributed by atoms with Crippen molar-refractivity contribution in [3.8, 4) is 11.5 Å². The van der Waals surface area contributed by atoms with Gasteiger partial charge >= 0.3 is 0 Å². The number of ether oxygens (including phenoxy) is 2. The predicted octanol–water partition coefficient (Wildman–Crippen LogP) is 5.79. The molecule has 0 bridgehead atoms. The number of amides is 1. The normalized spacial score (nSPS) is 15.7. The number of methoxy groups -OCH3 is 2. The third kappa shape index (κ3) is 4.15. The minimum atomic E-state index is -0.893. The molecule has 0 fully saturated rings. The number of aliphatic hydroxyl groups is 1. The van der Waals surface area contributed by atoms with Crippen molar-refractivity contribution in [2.24, 2.45) is 0 Å². The summed E-state index contributed by atoms with van der Waals surface area (Å²) in [6.45, 7) is 0. The maximum atomic E-state index is 13.5. The molecule has 3 aromatic carbocycles. The minimum Gasteiger partial charge on any atom is -0.503 e. The Morgan fingerprint density at radius 2 is 1.45 bits per heavy atom. The van der Waals surface area contributed by atoms with Gasteiger partial charge in [0.2, 0.25) is 0 Å². The fraction of sp³-hybridized carbons (Fsp3) is 0.120.